The van der Waals surface area contributed by atoms with Crippen LogP contribution in [0.25, 0.3) is 11.0 Å². The first kappa shape index (κ1) is 15.4. The van der Waals surface area contributed by atoms with Gasteiger partial charge in [0.1, 0.15) is 16.9 Å². The molecule has 0 amide bonds. The summed E-state index contributed by atoms with van der Waals surface area (Å²) in [6, 6.07) is -0.00416. The monoisotopic (exact) mass is 329 g/mol. The SMILES string of the molecule is Cc1nc(N2CC3(CCC3)CC2CC(=O)O)c2c(n1)c(C)nn2C. The number of hydrogen-bond acceptors (Lipinski definition) is 5. The minimum Gasteiger partial charge on any atom is -0.481 e. The molecule has 3 heterocycles. The fourth-order valence-electron chi connectivity index (χ4n) is 4.46. The van der Waals surface area contributed by atoms with Gasteiger partial charge in [-0.25, -0.2) is 9.97 Å². The van der Waals surface area contributed by atoms with Gasteiger partial charge in [0.25, 0.3) is 0 Å². The summed E-state index contributed by atoms with van der Waals surface area (Å²) in [5.41, 5.74) is 2.93. The van der Waals surface area contributed by atoms with Gasteiger partial charge < -0.3 is 10.0 Å². The van der Waals surface area contributed by atoms with Crippen LogP contribution in [0.15, 0.2) is 0 Å². The molecule has 1 unspecified atom stereocenters. The highest BCUT2D eigenvalue weighted by molar-refractivity contribution is 5.88. The zero-order valence-corrected chi connectivity index (χ0v) is 14.4. The molecule has 1 saturated carbocycles. The van der Waals surface area contributed by atoms with E-state index in [4.69, 9.17) is 4.98 Å². The molecule has 0 aromatic carbocycles. The van der Waals surface area contributed by atoms with Gasteiger partial charge in [0, 0.05) is 19.6 Å². The molecule has 2 aliphatic rings. The van der Waals surface area contributed by atoms with Crippen LogP contribution < -0.4 is 4.90 Å². The Bertz CT molecular complexity index is 824. The molecule has 1 aliphatic heterocycles. The molecule has 0 bridgehead atoms. The number of carboxylic acid groups (broad SMARTS) is 1. The van der Waals surface area contributed by atoms with E-state index in [1.807, 2.05) is 25.6 Å². The first-order valence-corrected chi connectivity index (χ1v) is 8.55. The summed E-state index contributed by atoms with van der Waals surface area (Å²) in [5, 5.41) is 13.8. The molecule has 4 rings (SSSR count). The standard InChI is InChI=1S/C17H23N5O2/c1-10-14-15(21(3)20-10)16(19-11(2)18-14)22-9-17(5-4-6-17)8-12(22)7-13(23)24/h12H,4-9H2,1-3H3,(H,23,24). The Morgan fingerprint density at radius 2 is 2.08 bits per heavy atom. The molecule has 128 valence electrons. The van der Waals surface area contributed by atoms with Crippen LogP contribution in [0.5, 0.6) is 0 Å². The van der Waals surface area contributed by atoms with E-state index in [0.29, 0.717) is 5.82 Å². The molecule has 2 aromatic rings. The van der Waals surface area contributed by atoms with Crippen LogP contribution in [0.2, 0.25) is 0 Å². The van der Waals surface area contributed by atoms with Crippen LogP contribution in [0.4, 0.5) is 5.82 Å². The Morgan fingerprint density at radius 3 is 2.71 bits per heavy atom. The van der Waals surface area contributed by atoms with Gasteiger partial charge in [0.05, 0.1) is 12.1 Å². The van der Waals surface area contributed by atoms with Gasteiger partial charge in [0.15, 0.2) is 5.82 Å². The molecule has 2 fully saturated rings. The molecular weight excluding hydrogens is 306 g/mol. The van der Waals surface area contributed by atoms with E-state index in [0.717, 1.165) is 35.5 Å². The van der Waals surface area contributed by atoms with Crippen LogP contribution in [0.3, 0.4) is 0 Å². The molecular formula is C17H23N5O2. The number of fused-ring (bicyclic) bond motifs is 1. The average molecular weight is 329 g/mol. The highest BCUT2D eigenvalue weighted by atomic mass is 16.4. The molecule has 1 spiro atoms. The summed E-state index contributed by atoms with van der Waals surface area (Å²) in [4.78, 5) is 22.8. The normalized spacial score (nSPS) is 22.3. The number of hydrogen-bond donors (Lipinski definition) is 1. The number of rotatable bonds is 3. The third-order valence-corrected chi connectivity index (χ3v) is 5.66. The van der Waals surface area contributed by atoms with Gasteiger partial charge in [-0.15, -0.1) is 0 Å². The second-order valence-corrected chi connectivity index (χ2v) is 7.44. The second kappa shape index (κ2) is 5.16. The van der Waals surface area contributed by atoms with Crippen LogP contribution in [0, 0.1) is 19.3 Å². The van der Waals surface area contributed by atoms with Crippen molar-refractivity contribution in [2.45, 2.75) is 52.0 Å². The van der Waals surface area contributed by atoms with E-state index in [2.05, 4.69) is 15.0 Å². The summed E-state index contributed by atoms with van der Waals surface area (Å²) in [7, 11) is 1.90. The maximum atomic E-state index is 11.4. The van der Waals surface area contributed by atoms with Gasteiger partial charge in [-0.05, 0) is 38.5 Å². The van der Waals surface area contributed by atoms with Crippen molar-refractivity contribution in [2.75, 3.05) is 11.4 Å². The van der Waals surface area contributed by atoms with E-state index >= 15 is 0 Å². The van der Waals surface area contributed by atoms with Crippen molar-refractivity contribution in [1.29, 1.82) is 0 Å². The Morgan fingerprint density at radius 1 is 1.33 bits per heavy atom. The maximum absolute atomic E-state index is 11.4. The van der Waals surface area contributed by atoms with Crippen molar-refractivity contribution in [3.63, 3.8) is 0 Å². The largest absolute Gasteiger partial charge is 0.481 e. The van der Waals surface area contributed by atoms with Crippen LogP contribution in [0.1, 0.15) is 43.6 Å². The fraction of sp³-hybridized carbons (Fsp3) is 0.647. The van der Waals surface area contributed by atoms with Crippen LogP contribution in [-0.2, 0) is 11.8 Å². The van der Waals surface area contributed by atoms with E-state index in [-0.39, 0.29) is 17.9 Å². The smallest absolute Gasteiger partial charge is 0.305 e. The molecule has 7 nitrogen and oxygen atoms in total. The van der Waals surface area contributed by atoms with Crippen molar-refractivity contribution in [1.82, 2.24) is 19.7 Å². The summed E-state index contributed by atoms with van der Waals surface area (Å²) in [6.45, 7) is 4.72. The Labute approximate surface area is 140 Å². The average Bonchev–Trinajstić information content (AvgIpc) is 2.97. The first-order valence-electron chi connectivity index (χ1n) is 8.55. The van der Waals surface area contributed by atoms with Gasteiger partial charge in [-0.2, -0.15) is 5.10 Å². The number of nitrogens with zero attached hydrogens (tertiary/aromatic N) is 5. The van der Waals surface area contributed by atoms with Crippen molar-refractivity contribution in [2.24, 2.45) is 12.5 Å². The molecule has 7 heteroatoms. The number of carbonyl (C=O) groups is 1. The summed E-state index contributed by atoms with van der Waals surface area (Å²) >= 11 is 0. The Kier molecular flexibility index (Phi) is 3.30. The number of aryl methyl sites for hydroxylation is 3. The zero-order valence-electron chi connectivity index (χ0n) is 14.4. The Balaban J connectivity index is 1.83. The lowest BCUT2D eigenvalue weighted by atomic mass is 9.67. The molecule has 1 N–H and O–H groups in total. The first-order chi connectivity index (χ1) is 11.4. The number of aromatic nitrogens is 4. The van der Waals surface area contributed by atoms with E-state index < -0.39 is 5.97 Å². The van der Waals surface area contributed by atoms with Gasteiger partial charge >= 0.3 is 5.97 Å². The van der Waals surface area contributed by atoms with E-state index in [9.17, 15) is 9.90 Å². The van der Waals surface area contributed by atoms with Crippen molar-refractivity contribution < 1.29 is 9.90 Å². The molecule has 2 aromatic heterocycles. The lowest BCUT2D eigenvalue weighted by Crippen LogP contribution is -2.35. The lowest BCUT2D eigenvalue weighted by molar-refractivity contribution is -0.137. The quantitative estimate of drug-likeness (QED) is 0.929. The molecule has 1 saturated heterocycles. The minimum atomic E-state index is -0.746. The molecule has 1 aliphatic carbocycles. The van der Waals surface area contributed by atoms with Crippen molar-refractivity contribution >= 4 is 22.8 Å². The molecule has 0 radical (unpaired) electrons. The Hall–Kier alpha value is -2.18. The maximum Gasteiger partial charge on any atom is 0.305 e. The highest BCUT2D eigenvalue weighted by Crippen LogP contribution is 2.52. The van der Waals surface area contributed by atoms with Crippen LogP contribution >= 0.6 is 0 Å². The summed E-state index contributed by atoms with van der Waals surface area (Å²) in [5.74, 6) is 0.803. The number of aliphatic carboxylic acids is 1. The predicted molar refractivity (Wildman–Crippen MR) is 90.1 cm³/mol. The third-order valence-electron chi connectivity index (χ3n) is 5.66. The van der Waals surface area contributed by atoms with Gasteiger partial charge in [-0.3, -0.25) is 9.48 Å². The predicted octanol–water partition coefficient (Wildman–Crippen LogP) is 2.20. The number of anilines is 1. The van der Waals surface area contributed by atoms with Crippen molar-refractivity contribution in [3.05, 3.63) is 11.5 Å². The summed E-state index contributed by atoms with van der Waals surface area (Å²) < 4.78 is 1.82. The third kappa shape index (κ3) is 2.25. The van der Waals surface area contributed by atoms with E-state index in [1.165, 1.54) is 19.3 Å². The highest BCUT2D eigenvalue weighted by Gasteiger charge is 2.49. The second-order valence-electron chi connectivity index (χ2n) is 7.44. The minimum absolute atomic E-state index is 0.00416. The van der Waals surface area contributed by atoms with Crippen LogP contribution in [-0.4, -0.2) is 43.4 Å². The fourth-order valence-corrected chi connectivity index (χ4v) is 4.46. The summed E-state index contributed by atoms with van der Waals surface area (Å²) in [6.07, 6.45) is 4.73. The lowest BCUT2D eigenvalue weighted by Gasteiger charge is -2.38. The van der Waals surface area contributed by atoms with Crippen molar-refractivity contribution in [3.8, 4) is 0 Å². The van der Waals surface area contributed by atoms with Gasteiger partial charge in [0.2, 0.25) is 0 Å². The van der Waals surface area contributed by atoms with Gasteiger partial charge in [-0.1, -0.05) is 6.42 Å². The van der Waals surface area contributed by atoms with E-state index in [1.54, 1.807) is 0 Å². The zero-order chi connectivity index (χ0) is 17.1. The topological polar surface area (TPSA) is 84.1 Å². The number of carboxylic acids is 1. The molecule has 1 atom stereocenters. The molecule has 24 heavy (non-hydrogen) atoms.